The van der Waals surface area contributed by atoms with Gasteiger partial charge in [-0.15, -0.1) is 0 Å². The van der Waals surface area contributed by atoms with Crippen molar-refractivity contribution in [3.63, 3.8) is 0 Å². The van der Waals surface area contributed by atoms with Gasteiger partial charge in [0, 0.05) is 11.7 Å². The summed E-state index contributed by atoms with van der Waals surface area (Å²) in [4.78, 5) is 29.6. The van der Waals surface area contributed by atoms with Gasteiger partial charge in [0.1, 0.15) is 0 Å². The van der Waals surface area contributed by atoms with Crippen molar-refractivity contribution in [2.45, 2.75) is 64.6 Å². The van der Waals surface area contributed by atoms with Crippen molar-refractivity contribution in [2.75, 3.05) is 11.1 Å². The molecule has 0 fully saturated rings. The van der Waals surface area contributed by atoms with Crippen molar-refractivity contribution >= 4 is 23.4 Å². The third-order valence-corrected chi connectivity index (χ3v) is 5.85. The number of thioether (sulfide) groups is 1. The highest BCUT2D eigenvalue weighted by Crippen LogP contribution is 2.28. The van der Waals surface area contributed by atoms with E-state index in [0.717, 1.165) is 35.9 Å². The molecule has 0 radical (unpaired) electrons. The van der Waals surface area contributed by atoms with Crippen LogP contribution in [0.25, 0.3) is 0 Å². The molecule has 1 amide bonds. The zero-order chi connectivity index (χ0) is 20.8. The summed E-state index contributed by atoms with van der Waals surface area (Å²) >= 11 is 1.16. The normalized spacial score (nSPS) is 13.2. The summed E-state index contributed by atoms with van der Waals surface area (Å²) in [6.45, 7) is 9.79. The average Bonchev–Trinajstić information content (AvgIpc) is 2.67. The lowest BCUT2D eigenvalue weighted by Gasteiger charge is -2.20. The number of hydrogen-bond donors (Lipinski definition) is 2. The fourth-order valence-electron chi connectivity index (χ4n) is 2.79. The van der Waals surface area contributed by atoms with E-state index >= 15 is 0 Å². The molecular formula is C21H29N3O3S. The van der Waals surface area contributed by atoms with Gasteiger partial charge in [0.25, 0.3) is 5.56 Å². The minimum Gasteiger partial charge on any atom is -0.493 e. The Hall–Kier alpha value is -2.28. The Morgan fingerprint density at radius 2 is 1.86 bits per heavy atom. The molecule has 0 saturated carbocycles. The van der Waals surface area contributed by atoms with Crippen LogP contribution in [0.3, 0.4) is 0 Å². The van der Waals surface area contributed by atoms with Gasteiger partial charge in [-0.25, -0.2) is 0 Å². The van der Waals surface area contributed by atoms with Gasteiger partial charge in [0.05, 0.1) is 11.3 Å². The lowest BCUT2D eigenvalue weighted by Crippen LogP contribution is -2.30. The fourth-order valence-corrected chi connectivity index (χ4v) is 3.67. The Morgan fingerprint density at radius 1 is 1.21 bits per heavy atom. The maximum atomic E-state index is 13.0. The molecule has 1 aromatic carbocycles. The molecule has 0 spiro atoms. The van der Waals surface area contributed by atoms with Crippen molar-refractivity contribution in [1.29, 1.82) is 0 Å². The van der Waals surface area contributed by atoms with E-state index in [4.69, 9.17) is 0 Å². The molecule has 7 heteroatoms. The number of nitrogens with zero attached hydrogens (tertiary/aromatic N) is 2. The molecule has 1 heterocycles. The van der Waals surface area contributed by atoms with Crippen molar-refractivity contribution in [3.8, 4) is 5.88 Å². The van der Waals surface area contributed by atoms with Gasteiger partial charge < -0.3 is 10.4 Å². The van der Waals surface area contributed by atoms with Crippen LogP contribution in [-0.2, 0) is 4.79 Å². The van der Waals surface area contributed by atoms with E-state index in [0.29, 0.717) is 10.7 Å². The Labute approximate surface area is 170 Å². The second-order valence-corrected chi connectivity index (χ2v) is 8.02. The zero-order valence-corrected chi connectivity index (χ0v) is 18.0. The van der Waals surface area contributed by atoms with E-state index < -0.39 is 0 Å². The van der Waals surface area contributed by atoms with Crippen LogP contribution in [-0.4, -0.2) is 26.3 Å². The molecule has 2 rings (SSSR count). The number of amides is 1. The first kappa shape index (κ1) is 22.0. The van der Waals surface area contributed by atoms with Crippen molar-refractivity contribution in [3.05, 3.63) is 45.7 Å². The highest BCUT2D eigenvalue weighted by atomic mass is 32.2. The van der Waals surface area contributed by atoms with Crippen LogP contribution < -0.4 is 10.9 Å². The minimum absolute atomic E-state index is 0.0777. The summed E-state index contributed by atoms with van der Waals surface area (Å²) in [5.74, 6) is -0.414. The molecule has 28 heavy (non-hydrogen) atoms. The highest BCUT2D eigenvalue weighted by molar-refractivity contribution is 7.99. The maximum absolute atomic E-state index is 13.0. The largest absolute Gasteiger partial charge is 0.493 e. The number of aryl methyl sites for hydroxylation is 1. The minimum atomic E-state index is -0.236. The van der Waals surface area contributed by atoms with E-state index in [1.807, 2.05) is 58.9 Å². The average molecular weight is 404 g/mol. The number of nitrogens with one attached hydrogen (secondary N) is 1. The smallest absolute Gasteiger partial charge is 0.261 e. The summed E-state index contributed by atoms with van der Waals surface area (Å²) in [5, 5.41) is 13.5. The van der Waals surface area contributed by atoms with E-state index in [1.54, 1.807) is 4.57 Å². The molecular weight excluding hydrogens is 374 g/mol. The first-order valence-corrected chi connectivity index (χ1v) is 10.6. The lowest BCUT2D eigenvalue weighted by molar-refractivity contribution is -0.113. The van der Waals surface area contributed by atoms with Crippen LogP contribution in [0.4, 0.5) is 5.69 Å². The molecule has 6 nitrogen and oxygen atoms in total. The predicted molar refractivity (Wildman–Crippen MR) is 114 cm³/mol. The summed E-state index contributed by atoms with van der Waals surface area (Å²) in [6, 6.07) is 7.47. The molecule has 0 bridgehead atoms. The van der Waals surface area contributed by atoms with Crippen LogP contribution in [0, 0.1) is 6.92 Å². The number of aromatic nitrogens is 2. The van der Waals surface area contributed by atoms with Gasteiger partial charge in [0.2, 0.25) is 11.8 Å². The third-order valence-electron chi connectivity index (χ3n) is 4.90. The molecule has 2 N–H and O–H groups in total. The summed E-state index contributed by atoms with van der Waals surface area (Å²) in [7, 11) is 0. The van der Waals surface area contributed by atoms with Gasteiger partial charge in [-0.05, 0) is 44.7 Å². The molecule has 0 saturated heterocycles. The fraction of sp³-hybridized carbons (Fsp3) is 0.476. The molecule has 0 aliphatic heterocycles. The SMILES string of the molecule is CC[C@@H](C)c1c(O)nc(SCC(=O)Nc2ccc(C)cc2)n([C@H](C)CC)c1=O. The quantitative estimate of drug-likeness (QED) is 0.502. The highest BCUT2D eigenvalue weighted by Gasteiger charge is 2.23. The Kier molecular flexibility index (Phi) is 7.69. The molecule has 1 aromatic heterocycles. The first-order chi connectivity index (χ1) is 13.3. The number of carbonyl (C=O) groups excluding carboxylic acids is 1. The van der Waals surface area contributed by atoms with Gasteiger partial charge in [-0.2, -0.15) is 4.98 Å². The van der Waals surface area contributed by atoms with Crippen LogP contribution in [0.2, 0.25) is 0 Å². The van der Waals surface area contributed by atoms with Crippen molar-refractivity contribution in [2.24, 2.45) is 0 Å². The summed E-state index contributed by atoms with van der Waals surface area (Å²) in [6.07, 6.45) is 1.48. The number of anilines is 1. The summed E-state index contributed by atoms with van der Waals surface area (Å²) < 4.78 is 1.60. The number of hydrogen-bond acceptors (Lipinski definition) is 5. The molecule has 0 aliphatic carbocycles. The molecule has 2 atom stereocenters. The monoisotopic (exact) mass is 403 g/mol. The Morgan fingerprint density at radius 3 is 2.43 bits per heavy atom. The molecule has 0 aliphatic rings. The standard InChI is InChI=1S/C21H29N3O3S/c1-6-14(4)18-19(26)23-21(24(20(18)27)15(5)7-2)28-12-17(25)22-16-10-8-13(3)9-11-16/h8-11,14-15,26H,6-7,12H2,1-5H3,(H,22,25)/t14-,15-/m1/s1. The molecule has 152 valence electrons. The molecule has 2 aromatic rings. The van der Waals surface area contributed by atoms with E-state index in [2.05, 4.69) is 10.3 Å². The van der Waals surface area contributed by atoms with E-state index in [-0.39, 0.29) is 35.1 Å². The maximum Gasteiger partial charge on any atom is 0.261 e. The van der Waals surface area contributed by atoms with Crippen molar-refractivity contribution in [1.82, 2.24) is 9.55 Å². The van der Waals surface area contributed by atoms with Gasteiger partial charge >= 0.3 is 0 Å². The summed E-state index contributed by atoms with van der Waals surface area (Å²) in [5.41, 5.74) is 1.96. The van der Waals surface area contributed by atoms with E-state index in [1.165, 1.54) is 0 Å². The van der Waals surface area contributed by atoms with Crippen LogP contribution in [0.1, 0.15) is 63.6 Å². The second kappa shape index (κ2) is 9.78. The topological polar surface area (TPSA) is 84.2 Å². The number of aromatic hydroxyl groups is 1. The third kappa shape index (κ3) is 5.16. The predicted octanol–water partition coefficient (Wildman–Crippen LogP) is 4.47. The zero-order valence-electron chi connectivity index (χ0n) is 17.2. The first-order valence-electron chi connectivity index (χ1n) is 9.63. The van der Waals surface area contributed by atoms with Crippen LogP contribution in [0.5, 0.6) is 5.88 Å². The van der Waals surface area contributed by atoms with E-state index in [9.17, 15) is 14.7 Å². The lowest BCUT2D eigenvalue weighted by atomic mass is 10.0. The Balaban J connectivity index is 2.25. The van der Waals surface area contributed by atoms with Gasteiger partial charge in [-0.1, -0.05) is 50.2 Å². The molecule has 0 unspecified atom stereocenters. The number of carbonyl (C=O) groups is 1. The second-order valence-electron chi connectivity index (χ2n) is 7.08. The number of benzene rings is 1. The number of rotatable bonds is 8. The van der Waals surface area contributed by atoms with Crippen LogP contribution in [0.15, 0.2) is 34.2 Å². The van der Waals surface area contributed by atoms with Crippen LogP contribution >= 0.6 is 11.8 Å². The Bertz CT molecular complexity index is 878. The van der Waals surface area contributed by atoms with Gasteiger partial charge in [-0.3, -0.25) is 14.2 Å². The van der Waals surface area contributed by atoms with Gasteiger partial charge in [0.15, 0.2) is 5.16 Å². The van der Waals surface area contributed by atoms with Crippen molar-refractivity contribution < 1.29 is 9.90 Å².